The standard InChI is InChI=1S/C33H43N3O4S/c1-7-26(5)34-33(38)31(21-27-11-9-8-10-12-27)35(22-28-15-13-25(4)14-16-28)32(37)23-36(41(6,39)40)30-19-17-29(18-20-30)24(2)3/h8-20,24,26,31H,7,21-23H2,1-6H3,(H,34,38)/t26-,31-/m0/s1. The van der Waals surface area contributed by atoms with Crippen LogP contribution in [0.15, 0.2) is 78.9 Å². The fourth-order valence-electron chi connectivity index (χ4n) is 4.52. The van der Waals surface area contributed by atoms with Crippen LogP contribution in [0, 0.1) is 6.92 Å². The van der Waals surface area contributed by atoms with Gasteiger partial charge in [0.25, 0.3) is 0 Å². The fourth-order valence-corrected chi connectivity index (χ4v) is 5.37. The van der Waals surface area contributed by atoms with E-state index in [4.69, 9.17) is 0 Å². The van der Waals surface area contributed by atoms with E-state index in [1.54, 1.807) is 12.1 Å². The minimum atomic E-state index is -3.80. The molecule has 0 aliphatic heterocycles. The monoisotopic (exact) mass is 577 g/mol. The van der Waals surface area contributed by atoms with Crippen LogP contribution in [0.2, 0.25) is 0 Å². The predicted octanol–water partition coefficient (Wildman–Crippen LogP) is 5.44. The SMILES string of the molecule is CC[C@H](C)NC(=O)[C@H](Cc1ccccc1)N(Cc1ccc(C)cc1)C(=O)CN(c1ccc(C(C)C)cc1)S(C)(=O)=O. The Bertz CT molecular complexity index is 1390. The normalized spacial score (nSPS) is 13.0. The molecule has 7 nitrogen and oxygen atoms in total. The number of nitrogens with zero attached hydrogens (tertiary/aromatic N) is 2. The molecule has 3 aromatic rings. The molecule has 0 bridgehead atoms. The third kappa shape index (κ3) is 9.18. The number of carbonyl (C=O) groups is 2. The summed E-state index contributed by atoms with van der Waals surface area (Å²) in [5.41, 5.74) is 4.31. The van der Waals surface area contributed by atoms with E-state index in [1.807, 2.05) is 87.5 Å². The Hall–Kier alpha value is -3.65. The van der Waals surface area contributed by atoms with Gasteiger partial charge in [-0.05, 0) is 55.0 Å². The van der Waals surface area contributed by atoms with E-state index in [0.717, 1.165) is 39.2 Å². The number of hydrogen-bond acceptors (Lipinski definition) is 4. The maximum absolute atomic E-state index is 14.2. The van der Waals surface area contributed by atoms with Crippen LogP contribution in [0.1, 0.15) is 62.3 Å². The van der Waals surface area contributed by atoms with Gasteiger partial charge in [0.1, 0.15) is 12.6 Å². The molecular formula is C33H43N3O4S. The summed E-state index contributed by atoms with van der Waals surface area (Å²) in [6, 6.07) is 23.6. The topological polar surface area (TPSA) is 86.8 Å². The molecule has 0 fully saturated rings. The summed E-state index contributed by atoms with van der Waals surface area (Å²) in [6.45, 7) is 9.76. The van der Waals surface area contributed by atoms with Crippen molar-refractivity contribution in [3.63, 3.8) is 0 Å². The molecule has 0 spiro atoms. The van der Waals surface area contributed by atoms with Crippen molar-refractivity contribution in [1.29, 1.82) is 0 Å². The highest BCUT2D eigenvalue weighted by Gasteiger charge is 2.33. The lowest BCUT2D eigenvalue weighted by molar-refractivity contribution is -0.140. The Kier molecular flexibility index (Phi) is 11.1. The molecule has 3 aromatic carbocycles. The lowest BCUT2D eigenvalue weighted by atomic mass is 10.0. The van der Waals surface area contributed by atoms with Crippen LogP contribution in [0.4, 0.5) is 5.69 Å². The van der Waals surface area contributed by atoms with Gasteiger partial charge in [-0.25, -0.2) is 8.42 Å². The van der Waals surface area contributed by atoms with Gasteiger partial charge in [-0.3, -0.25) is 13.9 Å². The van der Waals surface area contributed by atoms with E-state index in [1.165, 1.54) is 4.90 Å². The predicted molar refractivity (Wildman–Crippen MR) is 166 cm³/mol. The lowest BCUT2D eigenvalue weighted by Gasteiger charge is -2.34. The van der Waals surface area contributed by atoms with Gasteiger partial charge in [0.05, 0.1) is 11.9 Å². The molecule has 0 radical (unpaired) electrons. The van der Waals surface area contributed by atoms with Gasteiger partial charge in [0.2, 0.25) is 21.8 Å². The molecular weight excluding hydrogens is 534 g/mol. The first-order chi connectivity index (χ1) is 19.4. The summed E-state index contributed by atoms with van der Waals surface area (Å²) in [5, 5.41) is 3.05. The molecule has 0 aliphatic carbocycles. The highest BCUT2D eigenvalue weighted by atomic mass is 32.2. The first-order valence-electron chi connectivity index (χ1n) is 14.2. The molecule has 0 saturated carbocycles. The van der Waals surface area contributed by atoms with Crippen LogP contribution in [-0.4, -0.2) is 50.0 Å². The Morgan fingerprint density at radius 1 is 0.854 bits per heavy atom. The van der Waals surface area contributed by atoms with Crippen molar-refractivity contribution >= 4 is 27.5 Å². The molecule has 2 amide bonds. The van der Waals surface area contributed by atoms with E-state index in [0.29, 0.717) is 12.1 Å². The van der Waals surface area contributed by atoms with Gasteiger partial charge in [-0.2, -0.15) is 0 Å². The zero-order valence-electron chi connectivity index (χ0n) is 25.0. The number of sulfonamides is 1. The molecule has 41 heavy (non-hydrogen) atoms. The molecule has 220 valence electrons. The molecule has 0 saturated heterocycles. The van der Waals surface area contributed by atoms with Crippen LogP contribution in [0.3, 0.4) is 0 Å². The third-order valence-electron chi connectivity index (χ3n) is 7.27. The van der Waals surface area contributed by atoms with Crippen LogP contribution < -0.4 is 9.62 Å². The summed E-state index contributed by atoms with van der Waals surface area (Å²) >= 11 is 0. The Morgan fingerprint density at radius 3 is 2.00 bits per heavy atom. The maximum Gasteiger partial charge on any atom is 0.244 e. The molecule has 8 heteroatoms. The van der Waals surface area contributed by atoms with Gasteiger partial charge in [-0.15, -0.1) is 0 Å². The number of benzene rings is 3. The van der Waals surface area contributed by atoms with Crippen LogP contribution >= 0.6 is 0 Å². The second kappa shape index (κ2) is 14.3. The first-order valence-corrected chi connectivity index (χ1v) is 16.0. The number of hydrogen-bond donors (Lipinski definition) is 1. The van der Waals surface area contributed by atoms with E-state index < -0.39 is 28.5 Å². The van der Waals surface area contributed by atoms with E-state index in [-0.39, 0.29) is 24.4 Å². The summed E-state index contributed by atoms with van der Waals surface area (Å²) in [5.74, 6) is -0.440. The van der Waals surface area contributed by atoms with Gasteiger partial charge < -0.3 is 10.2 Å². The average Bonchev–Trinajstić information content (AvgIpc) is 2.94. The molecule has 0 unspecified atom stereocenters. The van der Waals surface area contributed by atoms with E-state index >= 15 is 0 Å². The second-order valence-electron chi connectivity index (χ2n) is 11.0. The summed E-state index contributed by atoms with van der Waals surface area (Å²) in [7, 11) is -3.80. The number of carbonyl (C=O) groups excluding carboxylic acids is 2. The fraction of sp³-hybridized carbons (Fsp3) is 0.394. The van der Waals surface area contributed by atoms with Crippen molar-refractivity contribution in [3.05, 3.63) is 101 Å². The number of rotatable bonds is 13. The van der Waals surface area contributed by atoms with Crippen molar-refractivity contribution < 1.29 is 18.0 Å². The van der Waals surface area contributed by atoms with Crippen molar-refractivity contribution in [2.75, 3.05) is 17.1 Å². The number of nitrogens with one attached hydrogen (secondary N) is 1. The second-order valence-corrected chi connectivity index (χ2v) is 13.0. The van der Waals surface area contributed by atoms with Gasteiger partial charge in [0, 0.05) is 19.0 Å². The molecule has 0 heterocycles. The lowest BCUT2D eigenvalue weighted by Crippen LogP contribution is -2.54. The molecule has 3 rings (SSSR count). The Morgan fingerprint density at radius 2 is 1.46 bits per heavy atom. The van der Waals surface area contributed by atoms with Crippen LogP contribution in [0.5, 0.6) is 0 Å². The van der Waals surface area contributed by atoms with Crippen molar-refractivity contribution in [2.45, 2.75) is 72.0 Å². The van der Waals surface area contributed by atoms with Gasteiger partial charge in [-0.1, -0.05) is 93.1 Å². The van der Waals surface area contributed by atoms with Crippen molar-refractivity contribution in [3.8, 4) is 0 Å². The van der Waals surface area contributed by atoms with E-state index in [9.17, 15) is 18.0 Å². The minimum Gasteiger partial charge on any atom is -0.352 e. The van der Waals surface area contributed by atoms with Gasteiger partial charge in [0.15, 0.2) is 0 Å². The molecule has 1 N–H and O–H groups in total. The summed E-state index contributed by atoms with van der Waals surface area (Å²) < 4.78 is 27.0. The highest BCUT2D eigenvalue weighted by Crippen LogP contribution is 2.23. The zero-order chi connectivity index (χ0) is 30.2. The number of aryl methyl sites for hydroxylation is 1. The highest BCUT2D eigenvalue weighted by molar-refractivity contribution is 7.92. The van der Waals surface area contributed by atoms with Crippen LogP contribution in [-0.2, 0) is 32.6 Å². The van der Waals surface area contributed by atoms with E-state index in [2.05, 4.69) is 19.2 Å². The Labute approximate surface area is 245 Å². The summed E-state index contributed by atoms with van der Waals surface area (Å²) in [6.07, 6.45) is 2.13. The largest absolute Gasteiger partial charge is 0.352 e. The zero-order valence-corrected chi connectivity index (χ0v) is 25.8. The summed E-state index contributed by atoms with van der Waals surface area (Å²) in [4.78, 5) is 29.4. The minimum absolute atomic E-state index is 0.0795. The number of anilines is 1. The quantitative estimate of drug-likeness (QED) is 0.293. The van der Waals surface area contributed by atoms with Gasteiger partial charge >= 0.3 is 0 Å². The third-order valence-corrected chi connectivity index (χ3v) is 8.41. The Balaban J connectivity index is 2.04. The van der Waals surface area contributed by atoms with Crippen LogP contribution in [0.25, 0.3) is 0 Å². The maximum atomic E-state index is 14.2. The molecule has 0 aromatic heterocycles. The molecule has 0 aliphatic rings. The van der Waals surface area contributed by atoms with Crippen molar-refractivity contribution in [2.24, 2.45) is 0 Å². The smallest absolute Gasteiger partial charge is 0.244 e. The first kappa shape index (κ1) is 31.9. The number of amides is 2. The average molecular weight is 578 g/mol. The van der Waals surface area contributed by atoms with Crippen molar-refractivity contribution in [1.82, 2.24) is 10.2 Å². The molecule has 2 atom stereocenters.